The number of rotatable bonds is 8. The highest BCUT2D eigenvalue weighted by atomic mass is 15.2. The third kappa shape index (κ3) is 5.34. The van der Waals surface area contributed by atoms with Crippen molar-refractivity contribution in [2.45, 2.75) is 51.6 Å². The summed E-state index contributed by atoms with van der Waals surface area (Å²) in [5.41, 5.74) is 5.97. The molecule has 8 heteroatoms. The van der Waals surface area contributed by atoms with Crippen molar-refractivity contribution in [1.29, 1.82) is 0 Å². The molecule has 0 aliphatic carbocycles. The molecule has 3 rings (SSSR count). The van der Waals surface area contributed by atoms with E-state index in [1.54, 1.807) is 0 Å². The van der Waals surface area contributed by atoms with E-state index in [2.05, 4.69) is 63.8 Å². The molecule has 0 aromatic carbocycles. The molecule has 0 bridgehead atoms. The van der Waals surface area contributed by atoms with E-state index in [0.29, 0.717) is 17.9 Å². The number of aryl methyl sites for hydroxylation is 1. The monoisotopic (exact) mass is 386 g/mol. The third-order valence-corrected chi connectivity index (χ3v) is 5.03. The number of nitrogens with one attached hydrogen (secondary N) is 1. The number of hydrogen-bond donors (Lipinski definition) is 2. The van der Waals surface area contributed by atoms with Crippen LogP contribution in [0.2, 0.25) is 0 Å². The molecule has 1 unspecified atom stereocenters. The second-order valence-electron chi connectivity index (χ2n) is 8.19. The fourth-order valence-corrected chi connectivity index (χ4v) is 3.81. The van der Waals surface area contributed by atoms with Gasteiger partial charge in [-0.2, -0.15) is 9.97 Å². The Labute approximate surface area is 168 Å². The average Bonchev–Trinajstić information content (AvgIpc) is 3.09. The maximum Gasteiger partial charge on any atom is 0.223 e. The van der Waals surface area contributed by atoms with E-state index in [1.807, 2.05) is 12.3 Å². The summed E-state index contributed by atoms with van der Waals surface area (Å²) in [7, 11) is 4.23. The summed E-state index contributed by atoms with van der Waals surface area (Å²) >= 11 is 0. The van der Waals surface area contributed by atoms with Crippen LogP contribution in [0.4, 0.5) is 17.6 Å². The highest BCUT2D eigenvalue weighted by Gasteiger charge is 2.26. The quantitative estimate of drug-likeness (QED) is 0.720. The van der Waals surface area contributed by atoms with E-state index in [0.717, 1.165) is 57.1 Å². The SMILES string of the molecule is CC(C)Nc1cc(N2CCCC(c3nccn3CCCN(C)C)C2)nc(N)n1. The maximum atomic E-state index is 5.97. The van der Waals surface area contributed by atoms with Crippen LogP contribution in [-0.2, 0) is 6.54 Å². The molecule has 0 amide bonds. The summed E-state index contributed by atoms with van der Waals surface area (Å²) in [4.78, 5) is 18.0. The van der Waals surface area contributed by atoms with Crippen molar-refractivity contribution in [3.05, 3.63) is 24.3 Å². The van der Waals surface area contributed by atoms with E-state index < -0.39 is 0 Å². The summed E-state index contributed by atoms with van der Waals surface area (Å²) in [5, 5.41) is 3.33. The van der Waals surface area contributed by atoms with Crippen molar-refractivity contribution >= 4 is 17.6 Å². The van der Waals surface area contributed by atoms with Crippen molar-refractivity contribution in [3.63, 3.8) is 0 Å². The Morgan fingerprint density at radius 3 is 2.89 bits per heavy atom. The predicted molar refractivity (Wildman–Crippen MR) is 115 cm³/mol. The zero-order chi connectivity index (χ0) is 20.1. The molecule has 1 aliphatic heterocycles. The lowest BCUT2D eigenvalue weighted by Gasteiger charge is -2.33. The minimum Gasteiger partial charge on any atom is -0.368 e. The molecule has 154 valence electrons. The van der Waals surface area contributed by atoms with Gasteiger partial charge in [-0.1, -0.05) is 0 Å². The zero-order valence-corrected chi connectivity index (χ0v) is 17.6. The van der Waals surface area contributed by atoms with E-state index in [1.165, 1.54) is 5.82 Å². The first-order chi connectivity index (χ1) is 13.4. The molecule has 1 aliphatic rings. The molecule has 2 aromatic heterocycles. The first-order valence-electron chi connectivity index (χ1n) is 10.2. The Morgan fingerprint density at radius 1 is 1.32 bits per heavy atom. The van der Waals surface area contributed by atoms with Gasteiger partial charge in [-0.15, -0.1) is 0 Å². The molecule has 1 saturated heterocycles. The Balaban J connectivity index is 1.71. The van der Waals surface area contributed by atoms with Gasteiger partial charge in [-0.3, -0.25) is 0 Å². The van der Waals surface area contributed by atoms with E-state index in [4.69, 9.17) is 10.7 Å². The molecule has 28 heavy (non-hydrogen) atoms. The number of anilines is 3. The van der Waals surface area contributed by atoms with Gasteiger partial charge in [0.05, 0.1) is 0 Å². The smallest absolute Gasteiger partial charge is 0.223 e. The second-order valence-corrected chi connectivity index (χ2v) is 8.19. The fourth-order valence-electron chi connectivity index (χ4n) is 3.81. The van der Waals surface area contributed by atoms with E-state index in [9.17, 15) is 0 Å². The van der Waals surface area contributed by atoms with Gasteiger partial charge in [-0.25, -0.2) is 4.98 Å². The molecule has 8 nitrogen and oxygen atoms in total. The highest BCUT2D eigenvalue weighted by molar-refractivity contribution is 5.53. The van der Waals surface area contributed by atoms with Gasteiger partial charge in [0.1, 0.15) is 17.5 Å². The van der Waals surface area contributed by atoms with Gasteiger partial charge < -0.3 is 25.4 Å². The van der Waals surface area contributed by atoms with Gasteiger partial charge in [0, 0.05) is 50.1 Å². The minimum absolute atomic E-state index is 0.297. The molecule has 3 N–H and O–H groups in total. The standard InChI is InChI=1S/C20H34N8/c1-15(2)23-17-13-18(25-20(21)24-17)28-10-5-7-16(14-28)19-22-8-12-27(19)11-6-9-26(3)4/h8,12-13,15-16H,5-7,9-11,14H2,1-4H3,(H3,21,23,24,25). The normalized spacial score (nSPS) is 17.5. The number of hydrogen-bond acceptors (Lipinski definition) is 7. The summed E-state index contributed by atoms with van der Waals surface area (Å²) < 4.78 is 2.32. The summed E-state index contributed by atoms with van der Waals surface area (Å²) in [6.45, 7) is 8.15. The van der Waals surface area contributed by atoms with Gasteiger partial charge in [0.2, 0.25) is 5.95 Å². The highest BCUT2D eigenvalue weighted by Crippen LogP contribution is 2.29. The van der Waals surface area contributed by atoms with Crippen LogP contribution >= 0.6 is 0 Å². The predicted octanol–water partition coefficient (Wildman–Crippen LogP) is 2.41. The molecule has 0 spiro atoms. The Hall–Kier alpha value is -2.35. The van der Waals surface area contributed by atoms with Crippen LogP contribution in [-0.4, -0.2) is 64.2 Å². The van der Waals surface area contributed by atoms with Crippen LogP contribution in [0.1, 0.15) is 44.9 Å². The molecule has 3 heterocycles. The van der Waals surface area contributed by atoms with Crippen molar-refractivity contribution in [1.82, 2.24) is 24.4 Å². The summed E-state index contributed by atoms with van der Waals surface area (Å²) in [6, 6.07) is 2.30. The topological polar surface area (TPSA) is 88.1 Å². The van der Waals surface area contributed by atoms with Crippen molar-refractivity contribution in [2.24, 2.45) is 0 Å². The third-order valence-electron chi connectivity index (χ3n) is 5.03. The van der Waals surface area contributed by atoms with Crippen LogP contribution in [0.15, 0.2) is 18.5 Å². The average molecular weight is 387 g/mol. The van der Waals surface area contributed by atoms with E-state index in [-0.39, 0.29) is 0 Å². The van der Waals surface area contributed by atoms with Crippen LogP contribution in [0.3, 0.4) is 0 Å². The summed E-state index contributed by atoms with van der Waals surface area (Å²) in [6.07, 6.45) is 7.43. The number of nitrogens with two attached hydrogens (primary N) is 1. The lowest BCUT2D eigenvalue weighted by molar-refractivity contribution is 0.380. The van der Waals surface area contributed by atoms with Crippen molar-refractivity contribution in [3.8, 4) is 0 Å². The van der Waals surface area contributed by atoms with Gasteiger partial charge in [0.25, 0.3) is 0 Å². The van der Waals surface area contributed by atoms with Crippen molar-refractivity contribution < 1.29 is 0 Å². The lowest BCUT2D eigenvalue weighted by atomic mass is 9.97. The Kier molecular flexibility index (Phi) is 6.72. The summed E-state index contributed by atoms with van der Waals surface area (Å²) in [5.74, 6) is 3.58. The van der Waals surface area contributed by atoms with Gasteiger partial charge in [-0.05, 0) is 53.8 Å². The number of piperidine rings is 1. The largest absolute Gasteiger partial charge is 0.368 e. The van der Waals surface area contributed by atoms with Crippen LogP contribution in [0.25, 0.3) is 0 Å². The van der Waals surface area contributed by atoms with Gasteiger partial charge >= 0.3 is 0 Å². The zero-order valence-electron chi connectivity index (χ0n) is 17.6. The van der Waals surface area contributed by atoms with Gasteiger partial charge in [0.15, 0.2) is 0 Å². The lowest BCUT2D eigenvalue weighted by Crippen LogP contribution is -2.36. The molecule has 2 aromatic rings. The number of aromatic nitrogens is 4. The molecular formula is C20H34N8. The molecule has 1 fully saturated rings. The minimum atomic E-state index is 0.297. The maximum absolute atomic E-state index is 5.97. The molecule has 0 saturated carbocycles. The molecule has 1 atom stereocenters. The van der Waals surface area contributed by atoms with Crippen LogP contribution in [0.5, 0.6) is 0 Å². The Bertz CT molecular complexity index is 754. The fraction of sp³-hybridized carbons (Fsp3) is 0.650. The number of imidazole rings is 1. The molecule has 0 radical (unpaired) electrons. The molecular weight excluding hydrogens is 352 g/mol. The number of nitrogen functional groups attached to an aromatic ring is 1. The van der Waals surface area contributed by atoms with E-state index >= 15 is 0 Å². The van der Waals surface area contributed by atoms with Crippen LogP contribution < -0.4 is 16.0 Å². The van der Waals surface area contributed by atoms with Crippen molar-refractivity contribution in [2.75, 3.05) is 49.7 Å². The first-order valence-corrected chi connectivity index (χ1v) is 10.2. The van der Waals surface area contributed by atoms with Crippen LogP contribution in [0, 0.1) is 0 Å². The Morgan fingerprint density at radius 2 is 2.14 bits per heavy atom. The number of nitrogens with zero attached hydrogens (tertiary/aromatic N) is 6. The first kappa shape index (κ1) is 20.4. The second kappa shape index (κ2) is 9.23.